The Morgan fingerprint density at radius 3 is 2.54 bits per heavy atom. The van der Waals surface area contributed by atoms with Crippen LogP contribution in [0.1, 0.15) is 19.4 Å². The third-order valence-electron chi connectivity index (χ3n) is 4.15. The highest BCUT2D eigenvalue weighted by molar-refractivity contribution is 6.00. The smallest absolute Gasteiger partial charge is 0.323 e. The maximum Gasteiger partial charge on any atom is 0.323 e. The van der Waals surface area contributed by atoms with Crippen molar-refractivity contribution in [3.8, 4) is 5.75 Å². The van der Waals surface area contributed by atoms with E-state index in [9.17, 15) is 14.9 Å². The zero-order valence-corrected chi connectivity index (χ0v) is 15.6. The minimum absolute atomic E-state index is 0.0382. The molecule has 8 nitrogen and oxygen atoms in total. The van der Waals surface area contributed by atoms with Gasteiger partial charge in [-0.2, -0.15) is 0 Å². The molecule has 0 fully saturated rings. The van der Waals surface area contributed by atoms with Gasteiger partial charge >= 0.3 is 6.03 Å². The van der Waals surface area contributed by atoms with Gasteiger partial charge in [0.15, 0.2) is 0 Å². The van der Waals surface area contributed by atoms with E-state index in [4.69, 9.17) is 9.47 Å². The highest BCUT2D eigenvalue weighted by atomic mass is 16.6. The van der Waals surface area contributed by atoms with Gasteiger partial charge in [-0.3, -0.25) is 10.1 Å². The number of ether oxygens (including phenoxy) is 2. The second-order valence-corrected chi connectivity index (χ2v) is 6.52. The Morgan fingerprint density at radius 1 is 1.18 bits per heavy atom. The quantitative estimate of drug-likeness (QED) is 0.567. The summed E-state index contributed by atoms with van der Waals surface area (Å²) >= 11 is 0. The first-order valence-electron chi connectivity index (χ1n) is 8.81. The Hall–Kier alpha value is -3.39. The van der Waals surface area contributed by atoms with Crippen molar-refractivity contribution in [2.45, 2.75) is 19.4 Å². The Bertz CT molecular complexity index is 911. The monoisotopic (exact) mass is 383 g/mol. The van der Waals surface area contributed by atoms with Crippen LogP contribution in [0.25, 0.3) is 6.08 Å². The summed E-state index contributed by atoms with van der Waals surface area (Å²) in [7, 11) is 0. The molecule has 0 bridgehead atoms. The molecule has 0 aliphatic carbocycles. The molecule has 2 amide bonds. The number of nitro benzene ring substituents is 1. The highest BCUT2D eigenvalue weighted by Gasteiger charge is 2.27. The van der Waals surface area contributed by atoms with Crippen molar-refractivity contribution in [1.82, 2.24) is 0 Å². The number of nitrogens with zero attached hydrogens (tertiary/aromatic N) is 1. The zero-order chi connectivity index (χ0) is 20.1. The summed E-state index contributed by atoms with van der Waals surface area (Å²) in [6, 6.07) is 10.5. The van der Waals surface area contributed by atoms with Crippen molar-refractivity contribution < 1.29 is 19.2 Å². The molecule has 0 saturated carbocycles. The van der Waals surface area contributed by atoms with Crippen LogP contribution < -0.4 is 15.4 Å². The molecule has 0 aromatic heterocycles. The van der Waals surface area contributed by atoms with Crippen LogP contribution in [-0.4, -0.2) is 29.8 Å². The van der Waals surface area contributed by atoms with Gasteiger partial charge in [0.25, 0.3) is 5.69 Å². The first kappa shape index (κ1) is 19.4. The van der Waals surface area contributed by atoms with E-state index in [0.717, 1.165) is 5.56 Å². The molecule has 2 N–H and O–H groups in total. The molecule has 1 aliphatic heterocycles. The summed E-state index contributed by atoms with van der Waals surface area (Å²) in [5.41, 5.74) is 1.34. The fraction of sp³-hybridized carbons (Fsp3) is 0.250. The fourth-order valence-electron chi connectivity index (χ4n) is 2.74. The van der Waals surface area contributed by atoms with Gasteiger partial charge in [0.2, 0.25) is 0 Å². The molecule has 2 aromatic rings. The number of nitro groups is 1. The molecule has 0 radical (unpaired) electrons. The summed E-state index contributed by atoms with van der Waals surface area (Å²) in [6.07, 6.45) is 3.88. The number of hydrogen-bond donors (Lipinski definition) is 2. The topological polar surface area (TPSA) is 103 Å². The van der Waals surface area contributed by atoms with Crippen molar-refractivity contribution >= 4 is 29.2 Å². The minimum atomic E-state index is -0.523. The molecule has 0 spiro atoms. The van der Waals surface area contributed by atoms with Crippen LogP contribution in [0.2, 0.25) is 0 Å². The fourth-order valence-corrected chi connectivity index (χ4v) is 2.74. The third-order valence-corrected chi connectivity index (χ3v) is 4.15. The third kappa shape index (κ3) is 4.66. The van der Waals surface area contributed by atoms with E-state index in [1.807, 2.05) is 32.1 Å². The first-order chi connectivity index (χ1) is 13.4. The second kappa shape index (κ2) is 8.10. The summed E-state index contributed by atoms with van der Waals surface area (Å²) < 4.78 is 11.5. The van der Waals surface area contributed by atoms with E-state index in [-0.39, 0.29) is 5.69 Å². The lowest BCUT2D eigenvalue weighted by atomic mass is 10.0. The van der Waals surface area contributed by atoms with Crippen LogP contribution >= 0.6 is 0 Å². The number of rotatable bonds is 6. The lowest BCUT2D eigenvalue weighted by molar-refractivity contribution is -0.384. The van der Waals surface area contributed by atoms with Crippen LogP contribution in [0.5, 0.6) is 5.75 Å². The molecule has 2 aromatic carbocycles. The lowest BCUT2D eigenvalue weighted by Gasteiger charge is -2.31. The number of amides is 2. The average molecular weight is 383 g/mol. The number of hydrogen-bond acceptors (Lipinski definition) is 5. The van der Waals surface area contributed by atoms with E-state index < -0.39 is 16.6 Å². The number of carbonyl (C=O) groups excluding carboxylic acids is 1. The normalized spacial score (nSPS) is 17.4. The number of benzene rings is 2. The standard InChI is InChI=1S/C20H21N3O5/c1-3-27-13-20(2)11-10-14-12-16(6-9-18(14)28-20)22-19(24)21-15-4-7-17(8-5-15)23(25)26/h4-12H,3,13H2,1-2H3,(H2,21,22,24). The van der Waals surface area contributed by atoms with Crippen LogP contribution in [0.3, 0.4) is 0 Å². The molecule has 8 heteroatoms. The van der Waals surface area contributed by atoms with Gasteiger partial charge in [0, 0.05) is 35.7 Å². The first-order valence-corrected chi connectivity index (χ1v) is 8.81. The lowest BCUT2D eigenvalue weighted by Crippen LogP contribution is -2.37. The van der Waals surface area contributed by atoms with Gasteiger partial charge in [-0.15, -0.1) is 0 Å². The van der Waals surface area contributed by atoms with Crippen molar-refractivity contribution in [3.05, 3.63) is 64.2 Å². The summed E-state index contributed by atoms with van der Waals surface area (Å²) in [5.74, 6) is 0.714. The number of fused-ring (bicyclic) bond motifs is 1. The predicted molar refractivity (Wildman–Crippen MR) is 107 cm³/mol. The molecule has 1 heterocycles. The highest BCUT2D eigenvalue weighted by Crippen LogP contribution is 2.33. The molecule has 0 saturated heterocycles. The Morgan fingerprint density at radius 2 is 1.86 bits per heavy atom. The molecule has 3 rings (SSSR count). The Balaban J connectivity index is 1.63. The SMILES string of the molecule is CCOCC1(C)C=Cc2cc(NC(=O)Nc3ccc([N+](=O)[O-])cc3)ccc2O1. The number of carbonyl (C=O) groups is 1. The van der Waals surface area contributed by atoms with Gasteiger partial charge < -0.3 is 20.1 Å². The summed E-state index contributed by atoms with van der Waals surface area (Å²) in [5, 5.41) is 16.0. The van der Waals surface area contributed by atoms with E-state index >= 15 is 0 Å². The molecule has 1 aliphatic rings. The molecular weight excluding hydrogens is 362 g/mol. The van der Waals surface area contributed by atoms with Gasteiger partial charge in [0.05, 0.1) is 11.5 Å². The van der Waals surface area contributed by atoms with E-state index in [1.165, 1.54) is 24.3 Å². The number of urea groups is 1. The number of non-ortho nitro benzene ring substituents is 1. The minimum Gasteiger partial charge on any atom is -0.480 e. The van der Waals surface area contributed by atoms with Crippen LogP contribution in [-0.2, 0) is 4.74 Å². The maximum atomic E-state index is 12.2. The van der Waals surface area contributed by atoms with E-state index in [1.54, 1.807) is 12.1 Å². The van der Waals surface area contributed by atoms with Crippen molar-refractivity contribution in [2.75, 3.05) is 23.8 Å². The molecule has 146 valence electrons. The predicted octanol–water partition coefficient (Wildman–Crippen LogP) is 4.44. The Kier molecular flexibility index (Phi) is 5.60. The van der Waals surface area contributed by atoms with Gasteiger partial charge in [-0.1, -0.05) is 6.08 Å². The summed E-state index contributed by atoms with van der Waals surface area (Å²) in [6.45, 7) is 4.96. The number of anilines is 2. The van der Waals surface area contributed by atoms with Crippen LogP contribution in [0, 0.1) is 10.1 Å². The number of nitrogens with one attached hydrogen (secondary N) is 2. The maximum absolute atomic E-state index is 12.2. The van der Waals surface area contributed by atoms with E-state index in [2.05, 4.69) is 10.6 Å². The van der Waals surface area contributed by atoms with Crippen molar-refractivity contribution in [3.63, 3.8) is 0 Å². The zero-order valence-electron chi connectivity index (χ0n) is 15.6. The Labute approximate surface area is 162 Å². The van der Waals surface area contributed by atoms with Gasteiger partial charge in [-0.05, 0) is 50.3 Å². The van der Waals surface area contributed by atoms with Crippen LogP contribution in [0.15, 0.2) is 48.5 Å². The van der Waals surface area contributed by atoms with Crippen molar-refractivity contribution in [2.24, 2.45) is 0 Å². The molecule has 1 atom stereocenters. The molecule has 1 unspecified atom stereocenters. The molecular formula is C20H21N3O5. The van der Waals surface area contributed by atoms with Crippen LogP contribution in [0.4, 0.5) is 21.9 Å². The average Bonchev–Trinajstić information content (AvgIpc) is 2.67. The van der Waals surface area contributed by atoms with Crippen molar-refractivity contribution in [1.29, 1.82) is 0 Å². The second-order valence-electron chi connectivity index (χ2n) is 6.52. The van der Waals surface area contributed by atoms with Gasteiger partial charge in [0.1, 0.15) is 11.4 Å². The van der Waals surface area contributed by atoms with E-state index in [0.29, 0.717) is 30.3 Å². The van der Waals surface area contributed by atoms with Gasteiger partial charge in [-0.25, -0.2) is 4.79 Å². The largest absolute Gasteiger partial charge is 0.480 e. The summed E-state index contributed by atoms with van der Waals surface area (Å²) in [4.78, 5) is 22.3. The molecule has 28 heavy (non-hydrogen) atoms.